The molecular formula is C5H3IN2O2. The lowest BCUT2D eigenvalue weighted by molar-refractivity contribution is -0.385. The summed E-state index contributed by atoms with van der Waals surface area (Å²) in [5.41, 5.74) is 0.107. The fourth-order valence-electron chi connectivity index (χ4n) is 0.516. The SMILES string of the molecule is O=[N+]([O-])c1ccncc1I. The van der Waals surface area contributed by atoms with E-state index in [0.717, 1.165) is 0 Å². The molecule has 10 heavy (non-hydrogen) atoms. The number of aromatic nitrogens is 1. The van der Waals surface area contributed by atoms with Gasteiger partial charge in [-0.15, -0.1) is 0 Å². The van der Waals surface area contributed by atoms with Crippen LogP contribution in [0.25, 0.3) is 0 Å². The van der Waals surface area contributed by atoms with Crippen LogP contribution in [0.5, 0.6) is 0 Å². The van der Waals surface area contributed by atoms with Crippen molar-refractivity contribution in [3.05, 3.63) is 32.1 Å². The predicted molar refractivity (Wildman–Crippen MR) is 43.6 cm³/mol. The molecule has 0 aliphatic carbocycles. The maximum Gasteiger partial charge on any atom is 0.285 e. The highest BCUT2D eigenvalue weighted by atomic mass is 127. The van der Waals surface area contributed by atoms with E-state index in [9.17, 15) is 10.1 Å². The molecule has 0 radical (unpaired) electrons. The lowest BCUT2D eigenvalue weighted by Crippen LogP contribution is -1.90. The molecule has 1 heterocycles. The Labute approximate surface area is 70.6 Å². The first-order chi connectivity index (χ1) is 4.72. The summed E-state index contributed by atoms with van der Waals surface area (Å²) in [5, 5.41) is 10.2. The van der Waals surface area contributed by atoms with Gasteiger partial charge in [-0.05, 0) is 22.6 Å². The molecule has 0 spiro atoms. The summed E-state index contributed by atoms with van der Waals surface area (Å²) in [4.78, 5) is 13.5. The summed E-state index contributed by atoms with van der Waals surface area (Å²) >= 11 is 1.87. The molecule has 0 aromatic carbocycles. The predicted octanol–water partition coefficient (Wildman–Crippen LogP) is 1.59. The molecule has 0 atom stereocenters. The van der Waals surface area contributed by atoms with Crippen molar-refractivity contribution in [3.63, 3.8) is 0 Å². The van der Waals surface area contributed by atoms with Gasteiger partial charge in [0, 0.05) is 18.5 Å². The average Bonchev–Trinajstić information content (AvgIpc) is 1.88. The number of hydrogen-bond acceptors (Lipinski definition) is 3. The van der Waals surface area contributed by atoms with Crippen LogP contribution in [0.1, 0.15) is 0 Å². The van der Waals surface area contributed by atoms with E-state index < -0.39 is 4.92 Å². The highest BCUT2D eigenvalue weighted by Gasteiger charge is 2.08. The van der Waals surface area contributed by atoms with Crippen LogP contribution < -0.4 is 0 Å². The highest BCUT2D eigenvalue weighted by Crippen LogP contribution is 2.17. The second-order valence-electron chi connectivity index (χ2n) is 1.58. The molecule has 0 bridgehead atoms. The maximum atomic E-state index is 10.2. The second-order valence-corrected chi connectivity index (χ2v) is 2.75. The average molecular weight is 250 g/mol. The Bertz CT molecular complexity index is 264. The molecule has 0 aliphatic rings. The van der Waals surface area contributed by atoms with E-state index in [1.807, 2.05) is 22.6 Å². The molecule has 0 unspecified atom stereocenters. The van der Waals surface area contributed by atoms with Gasteiger partial charge in [0.2, 0.25) is 0 Å². The molecule has 0 aliphatic heterocycles. The van der Waals surface area contributed by atoms with Crippen LogP contribution in [0, 0.1) is 13.7 Å². The minimum absolute atomic E-state index is 0.107. The Balaban J connectivity index is 3.15. The van der Waals surface area contributed by atoms with Gasteiger partial charge in [-0.25, -0.2) is 0 Å². The largest absolute Gasteiger partial charge is 0.285 e. The lowest BCUT2D eigenvalue weighted by Gasteiger charge is -1.90. The van der Waals surface area contributed by atoms with E-state index in [1.165, 1.54) is 18.5 Å². The molecule has 0 fully saturated rings. The first kappa shape index (κ1) is 7.39. The lowest BCUT2D eigenvalue weighted by atomic mass is 10.4. The zero-order chi connectivity index (χ0) is 7.56. The van der Waals surface area contributed by atoms with Crippen LogP contribution in [0.4, 0.5) is 5.69 Å². The van der Waals surface area contributed by atoms with Crippen molar-refractivity contribution in [3.8, 4) is 0 Å². The Morgan fingerprint density at radius 3 is 2.80 bits per heavy atom. The minimum Gasteiger partial charge on any atom is -0.263 e. The fourth-order valence-corrected chi connectivity index (χ4v) is 1.05. The third kappa shape index (κ3) is 1.41. The van der Waals surface area contributed by atoms with Crippen molar-refractivity contribution in [2.24, 2.45) is 0 Å². The summed E-state index contributed by atoms with van der Waals surface area (Å²) in [6.45, 7) is 0. The van der Waals surface area contributed by atoms with Gasteiger partial charge in [-0.3, -0.25) is 15.1 Å². The van der Waals surface area contributed by atoms with Gasteiger partial charge in [0.15, 0.2) is 0 Å². The number of nitro groups is 1. The van der Waals surface area contributed by atoms with Crippen molar-refractivity contribution in [2.45, 2.75) is 0 Å². The molecule has 0 N–H and O–H groups in total. The van der Waals surface area contributed by atoms with Crippen LogP contribution in [-0.2, 0) is 0 Å². The van der Waals surface area contributed by atoms with Gasteiger partial charge >= 0.3 is 0 Å². The van der Waals surface area contributed by atoms with Gasteiger partial charge in [0.05, 0.1) is 4.92 Å². The molecule has 5 heteroatoms. The Morgan fingerprint density at radius 1 is 1.70 bits per heavy atom. The minimum atomic E-state index is -0.427. The normalized spacial score (nSPS) is 9.30. The summed E-state index contributed by atoms with van der Waals surface area (Å²) in [7, 11) is 0. The fraction of sp³-hybridized carbons (Fsp3) is 0. The third-order valence-corrected chi connectivity index (χ3v) is 1.78. The Hall–Kier alpha value is -0.720. The van der Waals surface area contributed by atoms with E-state index in [4.69, 9.17) is 0 Å². The van der Waals surface area contributed by atoms with Crippen molar-refractivity contribution in [1.82, 2.24) is 4.98 Å². The Kier molecular flexibility index (Phi) is 2.15. The van der Waals surface area contributed by atoms with Gasteiger partial charge in [0.25, 0.3) is 5.69 Å². The smallest absolute Gasteiger partial charge is 0.263 e. The van der Waals surface area contributed by atoms with Crippen molar-refractivity contribution in [1.29, 1.82) is 0 Å². The molecule has 1 aromatic rings. The summed E-state index contributed by atoms with van der Waals surface area (Å²) in [6.07, 6.45) is 2.86. The number of nitrogens with zero attached hydrogens (tertiary/aromatic N) is 2. The molecule has 1 aromatic heterocycles. The van der Waals surface area contributed by atoms with Gasteiger partial charge in [-0.1, -0.05) is 0 Å². The molecule has 4 nitrogen and oxygen atoms in total. The van der Waals surface area contributed by atoms with Crippen molar-refractivity contribution >= 4 is 28.3 Å². The van der Waals surface area contributed by atoms with E-state index in [2.05, 4.69) is 4.98 Å². The van der Waals surface area contributed by atoms with E-state index >= 15 is 0 Å². The highest BCUT2D eigenvalue weighted by molar-refractivity contribution is 14.1. The Morgan fingerprint density at radius 2 is 2.40 bits per heavy atom. The van der Waals surface area contributed by atoms with Gasteiger partial charge in [0.1, 0.15) is 3.57 Å². The van der Waals surface area contributed by atoms with Crippen LogP contribution in [0.3, 0.4) is 0 Å². The van der Waals surface area contributed by atoms with Gasteiger partial charge in [-0.2, -0.15) is 0 Å². The maximum absolute atomic E-state index is 10.2. The van der Waals surface area contributed by atoms with Gasteiger partial charge < -0.3 is 0 Å². The summed E-state index contributed by atoms with van der Waals surface area (Å²) < 4.78 is 0.560. The topological polar surface area (TPSA) is 56.0 Å². The first-order valence-corrected chi connectivity index (χ1v) is 3.53. The quantitative estimate of drug-likeness (QED) is 0.432. The summed E-state index contributed by atoms with van der Waals surface area (Å²) in [5.74, 6) is 0. The summed E-state index contributed by atoms with van der Waals surface area (Å²) in [6, 6.07) is 1.38. The van der Waals surface area contributed by atoms with E-state index in [-0.39, 0.29) is 5.69 Å². The standard InChI is InChI=1S/C5H3IN2O2/c6-4-3-7-2-1-5(4)8(9)10/h1-3H. The van der Waals surface area contributed by atoms with Crippen LogP contribution >= 0.6 is 22.6 Å². The number of hydrogen-bond donors (Lipinski definition) is 0. The zero-order valence-electron chi connectivity index (χ0n) is 4.82. The van der Waals surface area contributed by atoms with Crippen LogP contribution in [0.15, 0.2) is 18.5 Å². The second kappa shape index (κ2) is 2.91. The monoisotopic (exact) mass is 250 g/mol. The molecular weight excluding hydrogens is 247 g/mol. The number of rotatable bonds is 1. The third-order valence-electron chi connectivity index (χ3n) is 0.948. The molecule has 0 amide bonds. The molecule has 0 saturated heterocycles. The van der Waals surface area contributed by atoms with Crippen molar-refractivity contribution in [2.75, 3.05) is 0 Å². The molecule has 0 saturated carbocycles. The first-order valence-electron chi connectivity index (χ1n) is 2.45. The molecule has 1 rings (SSSR count). The molecule has 52 valence electrons. The van der Waals surface area contributed by atoms with E-state index in [1.54, 1.807) is 0 Å². The zero-order valence-corrected chi connectivity index (χ0v) is 6.98. The van der Waals surface area contributed by atoms with E-state index in [0.29, 0.717) is 3.57 Å². The van der Waals surface area contributed by atoms with Crippen LogP contribution in [0.2, 0.25) is 0 Å². The number of halogens is 1. The number of pyridine rings is 1. The van der Waals surface area contributed by atoms with Crippen LogP contribution in [-0.4, -0.2) is 9.91 Å². The van der Waals surface area contributed by atoms with Crippen molar-refractivity contribution < 1.29 is 4.92 Å².